The van der Waals surface area contributed by atoms with Crippen molar-refractivity contribution in [2.75, 3.05) is 7.11 Å². The number of esters is 2. The Labute approximate surface area is 150 Å². The maximum Gasteiger partial charge on any atom is 0.375 e. The number of benzene rings is 1. The van der Waals surface area contributed by atoms with Gasteiger partial charge >= 0.3 is 11.9 Å². The molecule has 1 aromatic rings. The van der Waals surface area contributed by atoms with Crippen molar-refractivity contribution >= 4 is 17.7 Å². The van der Waals surface area contributed by atoms with Gasteiger partial charge in [-0.05, 0) is 32.9 Å². The zero-order valence-electron chi connectivity index (χ0n) is 14.8. The summed E-state index contributed by atoms with van der Waals surface area (Å²) >= 11 is 0. The summed E-state index contributed by atoms with van der Waals surface area (Å²) in [7, 11) is 1.17. The molecule has 0 saturated heterocycles. The number of methoxy groups -OCH3 is 1. The van der Waals surface area contributed by atoms with Crippen LogP contribution in [0, 0.1) is 0 Å². The molecular weight excluding hydrogens is 340 g/mol. The molecule has 7 heteroatoms. The van der Waals surface area contributed by atoms with Crippen LogP contribution in [-0.2, 0) is 23.8 Å². The van der Waals surface area contributed by atoms with Gasteiger partial charge in [0.15, 0.2) is 11.9 Å². The number of rotatable bonds is 2. The van der Waals surface area contributed by atoms with Gasteiger partial charge in [-0.15, -0.1) is 0 Å². The van der Waals surface area contributed by atoms with E-state index in [1.807, 2.05) is 0 Å². The summed E-state index contributed by atoms with van der Waals surface area (Å²) in [5, 5.41) is 0. The van der Waals surface area contributed by atoms with E-state index in [1.54, 1.807) is 45.0 Å². The Hall–Kier alpha value is -3.09. The van der Waals surface area contributed by atoms with Crippen LogP contribution in [0.5, 0.6) is 5.75 Å². The number of para-hydroxylation sites is 1. The fraction of sp³-hybridized carbons (Fsp3) is 0.316. The number of carbonyl (C=O) groups is 3. The van der Waals surface area contributed by atoms with E-state index in [1.165, 1.54) is 7.11 Å². The molecule has 0 N–H and O–H groups in total. The largest absolute Gasteiger partial charge is 0.480 e. The highest BCUT2D eigenvalue weighted by molar-refractivity contribution is 6.14. The van der Waals surface area contributed by atoms with Gasteiger partial charge in [-0.3, -0.25) is 4.79 Å². The van der Waals surface area contributed by atoms with Crippen LogP contribution in [-0.4, -0.2) is 36.5 Å². The Bertz CT molecular complexity index is 855. The first-order valence-corrected chi connectivity index (χ1v) is 7.96. The number of fused-ring (bicyclic) bond motifs is 2. The van der Waals surface area contributed by atoms with Gasteiger partial charge in [-0.25, -0.2) is 9.59 Å². The Kier molecular flexibility index (Phi) is 4.31. The van der Waals surface area contributed by atoms with E-state index in [0.717, 1.165) is 6.26 Å². The smallest absolute Gasteiger partial charge is 0.375 e. The molecule has 1 unspecified atom stereocenters. The molecule has 0 fully saturated rings. The third-order valence-electron chi connectivity index (χ3n) is 3.72. The van der Waals surface area contributed by atoms with Crippen molar-refractivity contribution in [3.8, 4) is 5.75 Å². The predicted octanol–water partition coefficient (Wildman–Crippen LogP) is 2.31. The normalized spacial score (nSPS) is 18.7. The first kappa shape index (κ1) is 17.7. The average molecular weight is 358 g/mol. The van der Waals surface area contributed by atoms with E-state index in [2.05, 4.69) is 0 Å². The van der Waals surface area contributed by atoms with Crippen LogP contribution in [0.2, 0.25) is 0 Å². The van der Waals surface area contributed by atoms with Crippen LogP contribution in [0.1, 0.15) is 31.1 Å². The number of ether oxygens (including phenoxy) is 4. The van der Waals surface area contributed by atoms with Crippen molar-refractivity contribution < 1.29 is 33.3 Å². The molecule has 0 radical (unpaired) electrons. The highest BCUT2D eigenvalue weighted by Gasteiger charge is 2.44. The molecule has 0 aromatic heterocycles. The molecule has 1 atom stereocenters. The van der Waals surface area contributed by atoms with Crippen molar-refractivity contribution in [3.05, 3.63) is 53.0 Å². The Balaban J connectivity index is 2.08. The zero-order valence-corrected chi connectivity index (χ0v) is 14.8. The Morgan fingerprint density at radius 3 is 2.46 bits per heavy atom. The number of ketones is 1. The molecule has 0 bridgehead atoms. The summed E-state index contributed by atoms with van der Waals surface area (Å²) in [6.07, 6.45) is 0.00960. The van der Waals surface area contributed by atoms with E-state index >= 15 is 0 Å². The number of hydrogen-bond donors (Lipinski definition) is 0. The maximum absolute atomic E-state index is 12.7. The van der Waals surface area contributed by atoms with E-state index in [4.69, 9.17) is 18.9 Å². The number of Topliss-reactive ketones (excluding diaryl/α,β-unsaturated/α-hetero) is 1. The van der Waals surface area contributed by atoms with Crippen molar-refractivity contribution in [1.29, 1.82) is 0 Å². The Morgan fingerprint density at radius 2 is 1.81 bits per heavy atom. The number of hydrogen-bond acceptors (Lipinski definition) is 7. The van der Waals surface area contributed by atoms with Crippen LogP contribution in [0.25, 0.3) is 0 Å². The second-order valence-electron chi connectivity index (χ2n) is 6.75. The molecule has 0 spiro atoms. The first-order valence-electron chi connectivity index (χ1n) is 7.96. The lowest BCUT2D eigenvalue weighted by atomic mass is 9.90. The van der Waals surface area contributed by atoms with Gasteiger partial charge in [0.05, 0.1) is 18.2 Å². The van der Waals surface area contributed by atoms with Crippen LogP contribution in [0.3, 0.4) is 0 Å². The summed E-state index contributed by atoms with van der Waals surface area (Å²) in [6, 6.07) is 6.63. The minimum atomic E-state index is -1.11. The van der Waals surface area contributed by atoms with Gasteiger partial charge < -0.3 is 18.9 Å². The summed E-state index contributed by atoms with van der Waals surface area (Å²) in [5.74, 6) is -2.07. The van der Waals surface area contributed by atoms with E-state index in [0.29, 0.717) is 11.3 Å². The second-order valence-corrected chi connectivity index (χ2v) is 6.75. The summed E-state index contributed by atoms with van der Waals surface area (Å²) in [6.45, 7) is 5.05. The molecule has 3 rings (SSSR count). The molecule has 1 aromatic carbocycles. The molecule has 7 nitrogen and oxygen atoms in total. The SMILES string of the molecule is COC(=O)C1=C(C(=O)OC(C)(C)C)OC=C2C(=O)c3ccccc3OC21. The van der Waals surface area contributed by atoms with Gasteiger partial charge in [0.2, 0.25) is 5.76 Å². The molecule has 2 heterocycles. The molecule has 136 valence electrons. The third kappa shape index (κ3) is 3.08. The maximum atomic E-state index is 12.7. The lowest BCUT2D eigenvalue weighted by molar-refractivity contribution is -0.154. The predicted molar refractivity (Wildman–Crippen MR) is 89.2 cm³/mol. The number of carbonyl (C=O) groups excluding carboxylic acids is 3. The molecule has 2 aliphatic heterocycles. The van der Waals surface area contributed by atoms with Crippen molar-refractivity contribution in [2.45, 2.75) is 32.5 Å². The topological polar surface area (TPSA) is 88.1 Å². The molecule has 26 heavy (non-hydrogen) atoms. The standard InChI is InChI=1S/C19H18O7/c1-19(2,3)26-18(22)16-13(17(21)23-4)15-11(9-24-16)14(20)10-7-5-6-8-12(10)25-15/h5-9,15H,1-4H3. The van der Waals surface area contributed by atoms with E-state index in [9.17, 15) is 14.4 Å². The van der Waals surface area contributed by atoms with Crippen LogP contribution in [0.4, 0.5) is 0 Å². The lowest BCUT2D eigenvalue weighted by Gasteiger charge is -2.32. The second kappa shape index (κ2) is 6.33. The first-order chi connectivity index (χ1) is 12.2. The molecular formula is C19H18O7. The summed E-state index contributed by atoms with van der Waals surface area (Å²) < 4.78 is 21.2. The summed E-state index contributed by atoms with van der Waals surface area (Å²) in [4.78, 5) is 37.5. The zero-order chi connectivity index (χ0) is 19.1. The lowest BCUT2D eigenvalue weighted by Crippen LogP contribution is -2.40. The fourth-order valence-corrected chi connectivity index (χ4v) is 2.65. The molecule has 0 amide bonds. The van der Waals surface area contributed by atoms with Crippen LogP contribution in [0.15, 0.2) is 47.4 Å². The van der Waals surface area contributed by atoms with Crippen LogP contribution < -0.4 is 4.74 Å². The van der Waals surface area contributed by atoms with Gasteiger partial charge in [0, 0.05) is 0 Å². The highest BCUT2D eigenvalue weighted by atomic mass is 16.6. The molecule has 0 saturated carbocycles. The quantitative estimate of drug-likeness (QED) is 0.750. The van der Waals surface area contributed by atoms with E-state index in [-0.39, 0.29) is 22.7 Å². The Morgan fingerprint density at radius 1 is 1.12 bits per heavy atom. The third-order valence-corrected chi connectivity index (χ3v) is 3.72. The average Bonchev–Trinajstić information content (AvgIpc) is 2.59. The monoisotopic (exact) mass is 358 g/mol. The summed E-state index contributed by atoms with van der Waals surface area (Å²) in [5.41, 5.74) is -0.545. The van der Waals surface area contributed by atoms with Crippen molar-refractivity contribution in [3.63, 3.8) is 0 Å². The van der Waals surface area contributed by atoms with E-state index < -0.39 is 23.6 Å². The van der Waals surface area contributed by atoms with Gasteiger partial charge in [-0.2, -0.15) is 0 Å². The van der Waals surface area contributed by atoms with Gasteiger partial charge in [0.1, 0.15) is 23.2 Å². The minimum Gasteiger partial charge on any atom is -0.480 e. The van der Waals surface area contributed by atoms with Crippen molar-refractivity contribution in [2.24, 2.45) is 0 Å². The highest BCUT2D eigenvalue weighted by Crippen LogP contribution is 2.37. The van der Waals surface area contributed by atoms with Gasteiger partial charge in [0.25, 0.3) is 0 Å². The van der Waals surface area contributed by atoms with Crippen molar-refractivity contribution in [1.82, 2.24) is 0 Å². The molecule has 0 aliphatic carbocycles. The van der Waals surface area contributed by atoms with Gasteiger partial charge in [-0.1, -0.05) is 12.1 Å². The minimum absolute atomic E-state index is 0.108. The van der Waals surface area contributed by atoms with Crippen LogP contribution >= 0.6 is 0 Å². The molecule has 2 aliphatic rings. The fourth-order valence-electron chi connectivity index (χ4n) is 2.65.